The maximum Gasteiger partial charge on any atom is 0.248 e. The van der Waals surface area contributed by atoms with E-state index >= 15 is 0 Å². The Morgan fingerprint density at radius 3 is 2.61 bits per heavy atom. The first-order valence-electron chi connectivity index (χ1n) is 9.60. The molecule has 0 radical (unpaired) electrons. The minimum Gasteiger partial charge on any atom is -0.366 e. The number of amides is 2. The standard InChI is InChI=1S/C20H24N6O2/c1-25-16-12-22-20(23-14-8-6-13(7-9-14)18(21)28)24-19(16)26(11-10-17(25)27)15-4-2-3-5-15/h6-9,12,15H,2-5,10-11H2,1H3,(H2,21,28)(H,22,23,24). The highest BCUT2D eigenvalue weighted by molar-refractivity contribution is 5.97. The fourth-order valence-corrected chi connectivity index (χ4v) is 3.92. The lowest BCUT2D eigenvalue weighted by atomic mass is 10.2. The Hall–Kier alpha value is -3.16. The van der Waals surface area contributed by atoms with E-state index in [0.717, 1.165) is 30.0 Å². The van der Waals surface area contributed by atoms with Gasteiger partial charge >= 0.3 is 0 Å². The van der Waals surface area contributed by atoms with E-state index in [1.165, 1.54) is 12.8 Å². The zero-order valence-corrected chi connectivity index (χ0v) is 15.9. The molecule has 2 heterocycles. The van der Waals surface area contributed by atoms with Crippen LogP contribution in [0.25, 0.3) is 0 Å². The molecule has 1 aromatic heterocycles. The average molecular weight is 380 g/mol. The molecule has 28 heavy (non-hydrogen) atoms. The van der Waals surface area contributed by atoms with Crippen LogP contribution in [0.5, 0.6) is 0 Å². The average Bonchev–Trinajstić information content (AvgIpc) is 3.19. The molecule has 2 amide bonds. The number of carbonyl (C=O) groups excluding carboxylic acids is 2. The minimum atomic E-state index is -0.465. The topological polar surface area (TPSA) is 104 Å². The molecule has 146 valence electrons. The van der Waals surface area contributed by atoms with Crippen LogP contribution in [-0.4, -0.2) is 41.4 Å². The minimum absolute atomic E-state index is 0.0769. The van der Waals surface area contributed by atoms with Crippen molar-refractivity contribution in [1.29, 1.82) is 0 Å². The summed E-state index contributed by atoms with van der Waals surface area (Å²) in [5.41, 5.74) is 7.23. The highest BCUT2D eigenvalue weighted by atomic mass is 16.2. The van der Waals surface area contributed by atoms with Crippen LogP contribution in [0.4, 0.5) is 23.1 Å². The van der Waals surface area contributed by atoms with Crippen LogP contribution in [0.1, 0.15) is 42.5 Å². The molecule has 0 saturated heterocycles. The van der Waals surface area contributed by atoms with E-state index in [1.807, 2.05) is 0 Å². The van der Waals surface area contributed by atoms with E-state index in [4.69, 9.17) is 10.7 Å². The normalized spacial score (nSPS) is 17.4. The molecular weight excluding hydrogens is 356 g/mol. The van der Waals surface area contributed by atoms with Gasteiger partial charge in [-0.15, -0.1) is 0 Å². The predicted octanol–water partition coefficient (Wildman–Crippen LogP) is 2.43. The number of benzene rings is 1. The summed E-state index contributed by atoms with van der Waals surface area (Å²) in [6.07, 6.45) is 6.84. The van der Waals surface area contributed by atoms with Gasteiger partial charge in [0.1, 0.15) is 5.69 Å². The van der Waals surface area contributed by atoms with Crippen molar-refractivity contribution in [2.45, 2.75) is 38.1 Å². The monoisotopic (exact) mass is 380 g/mol. The van der Waals surface area contributed by atoms with Crippen LogP contribution in [-0.2, 0) is 4.79 Å². The molecular formula is C20H24N6O2. The molecule has 4 rings (SSSR count). The van der Waals surface area contributed by atoms with Crippen LogP contribution < -0.4 is 20.9 Å². The second-order valence-electron chi connectivity index (χ2n) is 7.30. The van der Waals surface area contributed by atoms with E-state index < -0.39 is 5.91 Å². The molecule has 1 aromatic carbocycles. The molecule has 0 bridgehead atoms. The van der Waals surface area contributed by atoms with Crippen LogP contribution in [0.15, 0.2) is 30.5 Å². The van der Waals surface area contributed by atoms with Gasteiger partial charge in [-0.1, -0.05) is 12.8 Å². The Labute approximate surface area is 163 Å². The SMILES string of the molecule is CN1C(=O)CCN(C2CCCC2)c2nc(Nc3ccc(C(N)=O)cc3)ncc21. The second kappa shape index (κ2) is 7.46. The van der Waals surface area contributed by atoms with E-state index in [2.05, 4.69) is 15.2 Å². The summed E-state index contributed by atoms with van der Waals surface area (Å²) in [5.74, 6) is 0.865. The molecule has 3 N–H and O–H groups in total. The molecule has 1 fully saturated rings. The van der Waals surface area contributed by atoms with Crippen molar-refractivity contribution in [2.75, 3.05) is 28.7 Å². The molecule has 0 spiro atoms. The third-order valence-electron chi connectivity index (χ3n) is 5.52. The Balaban J connectivity index is 1.65. The highest BCUT2D eigenvalue weighted by Crippen LogP contribution is 2.36. The quantitative estimate of drug-likeness (QED) is 0.844. The Morgan fingerprint density at radius 1 is 1.21 bits per heavy atom. The first kappa shape index (κ1) is 18.2. The highest BCUT2D eigenvalue weighted by Gasteiger charge is 2.31. The fraction of sp³-hybridized carbons (Fsp3) is 0.400. The number of nitrogens with one attached hydrogen (secondary N) is 1. The van der Waals surface area contributed by atoms with Gasteiger partial charge < -0.3 is 20.9 Å². The summed E-state index contributed by atoms with van der Waals surface area (Å²) in [4.78, 5) is 36.7. The number of aromatic nitrogens is 2. The Bertz CT molecular complexity index is 892. The third-order valence-corrected chi connectivity index (χ3v) is 5.52. The lowest BCUT2D eigenvalue weighted by Crippen LogP contribution is -2.34. The predicted molar refractivity (Wildman–Crippen MR) is 108 cm³/mol. The summed E-state index contributed by atoms with van der Waals surface area (Å²) in [7, 11) is 1.78. The van der Waals surface area contributed by atoms with Crippen molar-refractivity contribution in [1.82, 2.24) is 9.97 Å². The maximum absolute atomic E-state index is 12.4. The van der Waals surface area contributed by atoms with E-state index in [0.29, 0.717) is 30.5 Å². The van der Waals surface area contributed by atoms with Crippen molar-refractivity contribution >= 4 is 35.0 Å². The van der Waals surface area contributed by atoms with Gasteiger partial charge in [0.25, 0.3) is 0 Å². The number of nitrogens with zero attached hydrogens (tertiary/aromatic N) is 4. The third kappa shape index (κ3) is 3.49. The van der Waals surface area contributed by atoms with Crippen LogP contribution in [0.2, 0.25) is 0 Å². The fourth-order valence-electron chi connectivity index (χ4n) is 3.92. The summed E-state index contributed by atoms with van der Waals surface area (Å²) in [6, 6.07) is 7.26. The van der Waals surface area contributed by atoms with Gasteiger partial charge in [-0.05, 0) is 37.1 Å². The molecule has 0 unspecified atom stereocenters. The molecule has 8 heteroatoms. The Morgan fingerprint density at radius 2 is 1.93 bits per heavy atom. The summed E-state index contributed by atoms with van der Waals surface area (Å²) in [6.45, 7) is 0.671. The molecule has 2 aromatic rings. The second-order valence-corrected chi connectivity index (χ2v) is 7.30. The lowest BCUT2D eigenvalue weighted by molar-refractivity contribution is -0.118. The number of hydrogen-bond acceptors (Lipinski definition) is 6. The van der Waals surface area contributed by atoms with E-state index in [1.54, 1.807) is 42.4 Å². The Kier molecular flexibility index (Phi) is 4.85. The van der Waals surface area contributed by atoms with Gasteiger partial charge in [-0.3, -0.25) is 9.59 Å². The maximum atomic E-state index is 12.4. The molecule has 1 aliphatic heterocycles. The zero-order valence-electron chi connectivity index (χ0n) is 15.9. The smallest absolute Gasteiger partial charge is 0.248 e. The number of nitrogens with two attached hydrogens (primary N) is 1. The molecule has 8 nitrogen and oxygen atoms in total. The van der Waals surface area contributed by atoms with E-state index in [-0.39, 0.29) is 5.91 Å². The first-order valence-corrected chi connectivity index (χ1v) is 9.60. The van der Waals surface area contributed by atoms with Crippen LogP contribution in [0.3, 0.4) is 0 Å². The van der Waals surface area contributed by atoms with Gasteiger partial charge in [-0.2, -0.15) is 4.98 Å². The van der Waals surface area contributed by atoms with Gasteiger partial charge in [0.05, 0.1) is 6.20 Å². The zero-order chi connectivity index (χ0) is 19.7. The number of rotatable bonds is 4. The van der Waals surface area contributed by atoms with Gasteiger partial charge in [0.15, 0.2) is 5.82 Å². The number of anilines is 4. The van der Waals surface area contributed by atoms with Gasteiger partial charge in [0.2, 0.25) is 17.8 Å². The van der Waals surface area contributed by atoms with Gasteiger partial charge in [-0.25, -0.2) is 4.98 Å². The molecule has 2 aliphatic rings. The summed E-state index contributed by atoms with van der Waals surface area (Å²) in [5, 5.41) is 3.17. The van der Waals surface area contributed by atoms with Crippen molar-refractivity contribution < 1.29 is 9.59 Å². The van der Waals surface area contributed by atoms with Crippen molar-refractivity contribution in [3.8, 4) is 0 Å². The van der Waals surface area contributed by atoms with Crippen molar-refractivity contribution in [2.24, 2.45) is 5.73 Å². The number of carbonyl (C=O) groups is 2. The van der Waals surface area contributed by atoms with Crippen molar-refractivity contribution in [3.63, 3.8) is 0 Å². The largest absolute Gasteiger partial charge is 0.366 e. The van der Waals surface area contributed by atoms with Crippen LogP contribution >= 0.6 is 0 Å². The molecule has 0 atom stereocenters. The molecule has 1 aliphatic carbocycles. The number of fused-ring (bicyclic) bond motifs is 1. The lowest BCUT2D eigenvalue weighted by Gasteiger charge is -2.30. The summed E-state index contributed by atoms with van der Waals surface area (Å²) >= 11 is 0. The summed E-state index contributed by atoms with van der Waals surface area (Å²) < 4.78 is 0. The number of hydrogen-bond donors (Lipinski definition) is 2. The van der Waals surface area contributed by atoms with Crippen molar-refractivity contribution in [3.05, 3.63) is 36.0 Å². The first-order chi connectivity index (χ1) is 13.5. The van der Waals surface area contributed by atoms with Crippen LogP contribution in [0, 0.1) is 0 Å². The van der Waals surface area contributed by atoms with Gasteiger partial charge in [0, 0.05) is 37.3 Å². The van der Waals surface area contributed by atoms with E-state index in [9.17, 15) is 9.59 Å². The number of primary amides is 1. The molecule has 1 saturated carbocycles.